The van der Waals surface area contributed by atoms with Crippen molar-refractivity contribution in [3.8, 4) is 5.75 Å². The predicted octanol–water partition coefficient (Wildman–Crippen LogP) is 3.33. The molecule has 2 aromatic rings. The molecule has 0 aliphatic rings. The van der Waals surface area contributed by atoms with Gasteiger partial charge in [0.25, 0.3) is 0 Å². The molecule has 1 N–H and O–H groups in total. The fraction of sp³-hybridized carbons (Fsp3) is 0.308. The van der Waals surface area contributed by atoms with E-state index in [2.05, 4.69) is 22.6 Å². The Morgan fingerprint density at radius 1 is 1.29 bits per heavy atom. The monoisotopic (exact) mass is 248 g/mol. The lowest BCUT2D eigenvalue weighted by Gasteiger charge is -2.05. The molecule has 1 heterocycles. The van der Waals surface area contributed by atoms with E-state index in [1.54, 1.807) is 11.3 Å². The quantitative estimate of drug-likeness (QED) is 0.881. The zero-order chi connectivity index (χ0) is 12.1. The van der Waals surface area contributed by atoms with Crippen molar-refractivity contribution in [3.63, 3.8) is 0 Å². The van der Waals surface area contributed by atoms with Crippen LogP contribution in [0.5, 0.6) is 5.75 Å². The molecule has 0 atom stereocenters. The molecule has 90 valence electrons. The van der Waals surface area contributed by atoms with Crippen molar-refractivity contribution in [3.05, 3.63) is 40.3 Å². The maximum absolute atomic E-state index is 5.67. The minimum atomic E-state index is 0.537. The highest BCUT2D eigenvalue weighted by Gasteiger charge is 2.01. The standard InChI is InChI=1S/C13H16N2OS/c1-3-13-15-11(9-17-13)8-16-12-6-4-10(14-2)5-7-12/h4-7,9,14H,3,8H2,1-2H3. The topological polar surface area (TPSA) is 34.1 Å². The molecule has 0 bridgehead atoms. The summed E-state index contributed by atoms with van der Waals surface area (Å²) in [6.45, 7) is 2.65. The van der Waals surface area contributed by atoms with Gasteiger partial charge in [-0.05, 0) is 30.7 Å². The summed E-state index contributed by atoms with van der Waals surface area (Å²) >= 11 is 1.69. The minimum Gasteiger partial charge on any atom is -0.487 e. The van der Waals surface area contributed by atoms with Gasteiger partial charge in [-0.3, -0.25) is 0 Å². The number of benzene rings is 1. The van der Waals surface area contributed by atoms with Gasteiger partial charge in [-0.15, -0.1) is 11.3 Å². The van der Waals surface area contributed by atoms with Gasteiger partial charge in [-0.1, -0.05) is 6.92 Å². The normalized spacial score (nSPS) is 10.2. The Bertz CT molecular complexity index is 465. The van der Waals surface area contributed by atoms with Crippen LogP contribution in [0.15, 0.2) is 29.6 Å². The highest BCUT2D eigenvalue weighted by Crippen LogP contribution is 2.17. The third-order valence-electron chi connectivity index (χ3n) is 2.43. The van der Waals surface area contributed by atoms with Gasteiger partial charge in [0.2, 0.25) is 0 Å². The summed E-state index contributed by atoms with van der Waals surface area (Å²) in [4.78, 5) is 4.46. The number of aryl methyl sites for hydroxylation is 1. The molecule has 1 aromatic heterocycles. The molecule has 2 rings (SSSR count). The van der Waals surface area contributed by atoms with E-state index in [1.807, 2.05) is 31.3 Å². The molecule has 0 spiro atoms. The number of rotatable bonds is 5. The van der Waals surface area contributed by atoms with Crippen LogP contribution in [-0.2, 0) is 13.0 Å². The maximum atomic E-state index is 5.67. The molecular weight excluding hydrogens is 232 g/mol. The van der Waals surface area contributed by atoms with Gasteiger partial charge in [0.1, 0.15) is 12.4 Å². The average Bonchev–Trinajstić information content (AvgIpc) is 2.85. The van der Waals surface area contributed by atoms with Crippen LogP contribution in [0, 0.1) is 0 Å². The van der Waals surface area contributed by atoms with Gasteiger partial charge in [-0.2, -0.15) is 0 Å². The van der Waals surface area contributed by atoms with Gasteiger partial charge in [0.15, 0.2) is 0 Å². The van der Waals surface area contributed by atoms with E-state index < -0.39 is 0 Å². The van der Waals surface area contributed by atoms with Crippen molar-refractivity contribution in [1.82, 2.24) is 4.98 Å². The summed E-state index contributed by atoms with van der Waals surface area (Å²) < 4.78 is 5.67. The van der Waals surface area contributed by atoms with Crippen LogP contribution in [0.1, 0.15) is 17.6 Å². The summed E-state index contributed by atoms with van der Waals surface area (Å²) in [5.41, 5.74) is 2.09. The number of nitrogens with zero attached hydrogens (tertiary/aromatic N) is 1. The van der Waals surface area contributed by atoms with Gasteiger partial charge >= 0.3 is 0 Å². The Labute approximate surface area is 105 Å². The Balaban J connectivity index is 1.92. The van der Waals surface area contributed by atoms with Crippen molar-refractivity contribution in [2.45, 2.75) is 20.0 Å². The number of ether oxygens (including phenoxy) is 1. The second kappa shape index (κ2) is 5.68. The average molecular weight is 248 g/mol. The number of hydrogen-bond donors (Lipinski definition) is 1. The second-order valence-corrected chi connectivity index (χ2v) is 4.59. The van der Waals surface area contributed by atoms with Gasteiger partial charge in [-0.25, -0.2) is 4.98 Å². The summed E-state index contributed by atoms with van der Waals surface area (Å²) in [6, 6.07) is 7.90. The highest BCUT2D eigenvalue weighted by molar-refractivity contribution is 7.09. The Morgan fingerprint density at radius 2 is 2.06 bits per heavy atom. The zero-order valence-electron chi connectivity index (χ0n) is 10.1. The summed E-state index contributed by atoms with van der Waals surface area (Å²) in [7, 11) is 1.90. The summed E-state index contributed by atoms with van der Waals surface area (Å²) in [5.74, 6) is 0.870. The lowest BCUT2D eigenvalue weighted by Crippen LogP contribution is -1.96. The van der Waals surface area contributed by atoms with E-state index in [-0.39, 0.29) is 0 Å². The Kier molecular flexibility index (Phi) is 3.98. The van der Waals surface area contributed by atoms with Crippen LogP contribution in [0.2, 0.25) is 0 Å². The number of anilines is 1. The van der Waals surface area contributed by atoms with E-state index in [1.165, 1.54) is 0 Å². The van der Waals surface area contributed by atoms with Gasteiger partial charge in [0.05, 0.1) is 10.7 Å². The third kappa shape index (κ3) is 3.20. The lowest BCUT2D eigenvalue weighted by molar-refractivity contribution is 0.302. The van der Waals surface area contributed by atoms with E-state index in [9.17, 15) is 0 Å². The molecule has 1 aromatic carbocycles. The molecule has 0 aliphatic carbocycles. The van der Waals surface area contributed by atoms with Crippen molar-refractivity contribution in [1.29, 1.82) is 0 Å². The molecule has 4 heteroatoms. The van der Waals surface area contributed by atoms with E-state index >= 15 is 0 Å². The first-order valence-electron chi connectivity index (χ1n) is 5.65. The fourth-order valence-electron chi connectivity index (χ4n) is 1.45. The fourth-order valence-corrected chi connectivity index (χ4v) is 2.18. The van der Waals surface area contributed by atoms with Crippen molar-refractivity contribution in [2.24, 2.45) is 0 Å². The maximum Gasteiger partial charge on any atom is 0.131 e. The number of thiazole rings is 1. The van der Waals surface area contributed by atoms with Crippen LogP contribution in [0.4, 0.5) is 5.69 Å². The first-order valence-corrected chi connectivity index (χ1v) is 6.53. The Morgan fingerprint density at radius 3 is 2.65 bits per heavy atom. The van der Waals surface area contributed by atoms with Crippen LogP contribution in [-0.4, -0.2) is 12.0 Å². The van der Waals surface area contributed by atoms with Crippen LogP contribution in [0.25, 0.3) is 0 Å². The first-order chi connectivity index (χ1) is 8.31. The predicted molar refractivity (Wildman–Crippen MR) is 71.8 cm³/mol. The zero-order valence-corrected chi connectivity index (χ0v) is 10.9. The molecule has 0 amide bonds. The molecule has 0 unspecified atom stereocenters. The molecule has 0 saturated carbocycles. The molecule has 0 radical (unpaired) electrons. The summed E-state index contributed by atoms with van der Waals surface area (Å²) in [5, 5.41) is 6.29. The molecule has 0 saturated heterocycles. The minimum absolute atomic E-state index is 0.537. The smallest absolute Gasteiger partial charge is 0.131 e. The van der Waals surface area contributed by atoms with Crippen molar-refractivity contribution < 1.29 is 4.74 Å². The number of aromatic nitrogens is 1. The molecule has 0 aliphatic heterocycles. The number of hydrogen-bond acceptors (Lipinski definition) is 4. The van der Waals surface area contributed by atoms with E-state index in [4.69, 9.17) is 4.74 Å². The van der Waals surface area contributed by atoms with Crippen LogP contribution >= 0.6 is 11.3 Å². The largest absolute Gasteiger partial charge is 0.487 e. The third-order valence-corrected chi connectivity index (χ3v) is 3.47. The van der Waals surface area contributed by atoms with E-state index in [0.29, 0.717) is 6.61 Å². The van der Waals surface area contributed by atoms with Crippen molar-refractivity contribution >= 4 is 17.0 Å². The lowest BCUT2D eigenvalue weighted by atomic mass is 10.3. The highest BCUT2D eigenvalue weighted by atomic mass is 32.1. The van der Waals surface area contributed by atoms with Gasteiger partial charge < -0.3 is 10.1 Å². The SMILES string of the molecule is CCc1nc(COc2ccc(NC)cc2)cs1. The molecule has 3 nitrogen and oxygen atoms in total. The number of nitrogens with one attached hydrogen (secondary N) is 1. The van der Waals surface area contributed by atoms with Gasteiger partial charge in [0, 0.05) is 18.1 Å². The first kappa shape index (κ1) is 11.9. The summed E-state index contributed by atoms with van der Waals surface area (Å²) in [6.07, 6.45) is 0.988. The van der Waals surface area contributed by atoms with Crippen LogP contribution < -0.4 is 10.1 Å². The molecular formula is C13H16N2OS. The Hall–Kier alpha value is -1.55. The molecule has 17 heavy (non-hydrogen) atoms. The molecule has 0 fully saturated rings. The van der Waals surface area contributed by atoms with E-state index in [0.717, 1.165) is 28.6 Å². The van der Waals surface area contributed by atoms with Crippen molar-refractivity contribution in [2.75, 3.05) is 12.4 Å². The van der Waals surface area contributed by atoms with Crippen LogP contribution in [0.3, 0.4) is 0 Å². The second-order valence-electron chi connectivity index (χ2n) is 3.65.